The lowest BCUT2D eigenvalue weighted by atomic mass is 10.2. The molecule has 0 atom stereocenters. The van der Waals surface area contributed by atoms with Crippen LogP contribution in [0.4, 0.5) is 11.4 Å². The second-order valence-corrected chi connectivity index (χ2v) is 7.38. The van der Waals surface area contributed by atoms with Gasteiger partial charge in [-0.15, -0.1) is 0 Å². The summed E-state index contributed by atoms with van der Waals surface area (Å²) >= 11 is 12.1. The van der Waals surface area contributed by atoms with E-state index < -0.39 is 4.92 Å². The lowest BCUT2D eigenvalue weighted by Crippen LogP contribution is -2.22. The van der Waals surface area contributed by atoms with Gasteiger partial charge in [0.25, 0.3) is 5.69 Å². The number of halogens is 2. The fraction of sp³-hybridized carbons (Fsp3) is 0.182. The Bertz CT molecular complexity index is 997. The highest BCUT2D eigenvalue weighted by Crippen LogP contribution is 2.24. The van der Waals surface area contributed by atoms with Crippen LogP contribution in [-0.4, -0.2) is 18.0 Å². The van der Waals surface area contributed by atoms with Crippen molar-refractivity contribution >= 4 is 34.6 Å². The van der Waals surface area contributed by atoms with Crippen LogP contribution >= 0.6 is 23.2 Å². The van der Waals surface area contributed by atoms with Gasteiger partial charge in [0.1, 0.15) is 12.4 Å². The maximum atomic E-state index is 10.7. The molecule has 6 nitrogen and oxygen atoms in total. The number of benzene rings is 3. The summed E-state index contributed by atoms with van der Waals surface area (Å²) in [5.74, 6) is 0.791. The molecule has 0 radical (unpaired) electrons. The molecule has 0 aromatic heterocycles. The summed E-state index contributed by atoms with van der Waals surface area (Å²) in [5, 5.41) is 18.4. The lowest BCUT2D eigenvalue weighted by molar-refractivity contribution is -0.384. The van der Waals surface area contributed by atoms with Gasteiger partial charge in [0, 0.05) is 58.6 Å². The number of rotatable bonds is 10. The molecule has 3 aromatic rings. The van der Waals surface area contributed by atoms with Gasteiger partial charge in [-0.3, -0.25) is 10.1 Å². The van der Waals surface area contributed by atoms with Gasteiger partial charge in [0.15, 0.2) is 0 Å². The molecule has 0 fully saturated rings. The Morgan fingerprint density at radius 1 is 0.933 bits per heavy atom. The highest BCUT2D eigenvalue weighted by molar-refractivity contribution is 6.35. The van der Waals surface area contributed by atoms with E-state index in [-0.39, 0.29) is 5.69 Å². The molecule has 0 heterocycles. The average Bonchev–Trinajstić information content (AvgIpc) is 2.74. The first kappa shape index (κ1) is 21.9. The highest BCUT2D eigenvalue weighted by Gasteiger charge is 2.07. The monoisotopic (exact) mass is 445 g/mol. The van der Waals surface area contributed by atoms with Crippen LogP contribution in [0.1, 0.15) is 11.1 Å². The number of anilines is 1. The van der Waals surface area contributed by atoms with Gasteiger partial charge in [-0.1, -0.05) is 47.5 Å². The first-order valence-corrected chi connectivity index (χ1v) is 10.1. The number of nitro groups is 1. The fourth-order valence-electron chi connectivity index (χ4n) is 2.80. The van der Waals surface area contributed by atoms with Crippen LogP contribution in [0, 0.1) is 10.1 Å². The zero-order valence-electron chi connectivity index (χ0n) is 16.1. The van der Waals surface area contributed by atoms with Crippen LogP contribution in [0.5, 0.6) is 5.75 Å². The van der Waals surface area contributed by atoms with Crippen LogP contribution in [0.25, 0.3) is 0 Å². The normalized spacial score (nSPS) is 10.6. The number of nitrogens with one attached hydrogen (secondary N) is 2. The summed E-state index contributed by atoms with van der Waals surface area (Å²) in [5.41, 5.74) is 2.83. The zero-order valence-corrected chi connectivity index (χ0v) is 17.6. The Morgan fingerprint density at radius 3 is 2.43 bits per heavy atom. The lowest BCUT2D eigenvalue weighted by Gasteiger charge is -2.13. The molecule has 2 N–H and O–H groups in total. The van der Waals surface area contributed by atoms with Gasteiger partial charge in [-0.25, -0.2) is 0 Å². The summed E-state index contributed by atoms with van der Waals surface area (Å²) in [4.78, 5) is 10.3. The first-order chi connectivity index (χ1) is 14.5. The Morgan fingerprint density at radius 2 is 1.70 bits per heavy atom. The van der Waals surface area contributed by atoms with E-state index in [1.54, 1.807) is 24.3 Å². The largest absolute Gasteiger partial charge is 0.489 e. The van der Waals surface area contributed by atoms with Crippen LogP contribution in [0.3, 0.4) is 0 Å². The zero-order chi connectivity index (χ0) is 21.3. The van der Waals surface area contributed by atoms with Gasteiger partial charge in [0.05, 0.1) is 4.92 Å². The molecule has 3 aromatic carbocycles. The van der Waals surface area contributed by atoms with Crippen molar-refractivity contribution in [2.75, 3.05) is 18.4 Å². The van der Waals surface area contributed by atoms with Crippen molar-refractivity contribution in [1.29, 1.82) is 0 Å². The molecular weight excluding hydrogens is 425 g/mol. The third-order valence-electron chi connectivity index (χ3n) is 4.40. The molecule has 0 unspecified atom stereocenters. The molecule has 0 saturated carbocycles. The topological polar surface area (TPSA) is 76.4 Å². The van der Waals surface area contributed by atoms with E-state index in [4.69, 9.17) is 27.9 Å². The molecule has 0 aliphatic rings. The van der Waals surface area contributed by atoms with E-state index in [1.807, 2.05) is 30.3 Å². The number of hydrogen-bond acceptors (Lipinski definition) is 5. The van der Waals surface area contributed by atoms with Gasteiger partial charge in [0.2, 0.25) is 0 Å². The SMILES string of the molecule is O=[N+]([O-])c1ccc(NCCNCc2ccccc2OCc2ccc(Cl)cc2Cl)cc1. The third-order valence-corrected chi connectivity index (χ3v) is 4.98. The second-order valence-electron chi connectivity index (χ2n) is 6.54. The summed E-state index contributed by atoms with van der Waals surface area (Å²) in [6, 6.07) is 19.5. The van der Waals surface area contributed by atoms with Crippen molar-refractivity contribution in [3.8, 4) is 5.75 Å². The van der Waals surface area contributed by atoms with E-state index in [0.717, 1.165) is 22.6 Å². The van der Waals surface area contributed by atoms with E-state index in [1.165, 1.54) is 12.1 Å². The Balaban J connectivity index is 1.46. The molecular formula is C22H21Cl2N3O3. The summed E-state index contributed by atoms with van der Waals surface area (Å²) in [7, 11) is 0. The molecule has 0 spiro atoms. The van der Waals surface area contributed by atoms with Crippen molar-refractivity contribution < 1.29 is 9.66 Å². The van der Waals surface area contributed by atoms with Crippen molar-refractivity contribution in [1.82, 2.24) is 5.32 Å². The Hall–Kier alpha value is -2.80. The number of hydrogen-bond donors (Lipinski definition) is 2. The number of ether oxygens (including phenoxy) is 1. The summed E-state index contributed by atoms with van der Waals surface area (Å²) in [6.07, 6.45) is 0. The minimum atomic E-state index is -0.411. The molecule has 0 aliphatic heterocycles. The quantitative estimate of drug-likeness (QED) is 0.238. The maximum absolute atomic E-state index is 10.7. The smallest absolute Gasteiger partial charge is 0.269 e. The summed E-state index contributed by atoms with van der Waals surface area (Å²) < 4.78 is 5.96. The first-order valence-electron chi connectivity index (χ1n) is 9.36. The van der Waals surface area contributed by atoms with Crippen molar-refractivity contribution in [3.05, 3.63) is 98.0 Å². The van der Waals surface area contributed by atoms with E-state index >= 15 is 0 Å². The molecule has 0 aliphatic carbocycles. The van der Waals surface area contributed by atoms with Crippen LogP contribution in [-0.2, 0) is 13.2 Å². The van der Waals surface area contributed by atoms with Crippen LogP contribution in [0.15, 0.2) is 66.7 Å². The van der Waals surface area contributed by atoms with E-state index in [9.17, 15) is 10.1 Å². The number of para-hydroxylation sites is 1. The van der Waals surface area contributed by atoms with Crippen molar-refractivity contribution in [3.63, 3.8) is 0 Å². The average molecular weight is 446 g/mol. The van der Waals surface area contributed by atoms with Gasteiger partial charge >= 0.3 is 0 Å². The molecule has 3 rings (SSSR count). The third kappa shape index (κ3) is 6.35. The van der Waals surface area contributed by atoms with Gasteiger partial charge in [-0.05, 0) is 30.3 Å². The predicted molar refractivity (Wildman–Crippen MR) is 121 cm³/mol. The highest BCUT2D eigenvalue weighted by atomic mass is 35.5. The fourth-order valence-corrected chi connectivity index (χ4v) is 3.27. The van der Waals surface area contributed by atoms with Gasteiger partial charge < -0.3 is 15.4 Å². The Labute approximate surface area is 184 Å². The van der Waals surface area contributed by atoms with E-state index in [0.29, 0.717) is 36.3 Å². The maximum Gasteiger partial charge on any atom is 0.269 e. The number of non-ortho nitro benzene ring substituents is 1. The van der Waals surface area contributed by atoms with Crippen LogP contribution in [0.2, 0.25) is 10.0 Å². The molecule has 8 heteroatoms. The minimum absolute atomic E-state index is 0.0789. The molecule has 0 amide bonds. The minimum Gasteiger partial charge on any atom is -0.489 e. The summed E-state index contributed by atoms with van der Waals surface area (Å²) in [6.45, 7) is 2.40. The molecule has 156 valence electrons. The number of nitro benzene ring substituents is 1. The molecule has 0 bridgehead atoms. The van der Waals surface area contributed by atoms with Crippen LogP contribution < -0.4 is 15.4 Å². The molecule has 0 saturated heterocycles. The molecule has 30 heavy (non-hydrogen) atoms. The Kier molecular flexibility index (Phi) is 7.90. The van der Waals surface area contributed by atoms with Crippen molar-refractivity contribution in [2.24, 2.45) is 0 Å². The van der Waals surface area contributed by atoms with Gasteiger partial charge in [-0.2, -0.15) is 0 Å². The second kappa shape index (κ2) is 10.8. The standard InChI is InChI=1S/C22H21Cl2N3O3/c23-18-6-5-17(21(24)13-18)15-30-22-4-2-1-3-16(22)14-25-11-12-26-19-7-9-20(10-8-19)27(28)29/h1-10,13,25-26H,11-12,14-15H2. The predicted octanol–water partition coefficient (Wildman–Crippen LogP) is 5.68. The number of nitrogens with zero attached hydrogens (tertiary/aromatic N) is 1. The van der Waals surface area contributed by atoms with Crippen molar-refractivity contribution in [2.45, 2.75) is 13.2 Å². The van der Waals surface area contributed by atoms with E-state index in [2.05, 4.69) is 10.6 Å².